The number of aromatic nitrogens is 1. The summed E-state index contributed by atoms with van der Waals surface area (Å²) in [4.78, 5) is 7.23. The molecule has 0 atom stereocenters. The molecule has 0 amide bonds. The Balaban J connectivity index is 2.02. The van der Waals surface area contributed by atoms with Gasteiger partial charge in [0.2, 0.25) is 0 Å². The third-order valence-corrected chi connectivity index (χ3v) is 4.73. The molecule has 0 aliphatic carbocycles. The number of thiazole rings is 1. The van der Waals surface area contributed by atoms with Crippen LogP contribution in [0.25, 0.3) is 10.2 Å². The fourth-order valence-corrected chi connectivity index (χ4v) is 3.53. The average Bonchev–Trinajstić information content (AvgIpc) is 2.65. The highest BCUT2D eigenvalue weighted by Gasteiger charge is 2.15. The Labute approximate surface area is 112 Å². The first-order chi connectivity index (χ1) is 8.75. The molecule has 3 rings (SSSR count). The summed E-state index contributed by atoms with van der Waals surface area (Å²) in [5.41, 5.74) is 3.78. The molecule has 1 aliphatic rings. The minimum absolute atomic E-state index is 0.938. The van der Waals surface area contributed by atoms with Gasteiger partial charge in [0.1, 0.15) is 0 Å². The smallest absolute Gasteiger partial charge is 0.186 e. The van der Waals surface area contributed by atoms with Crippen molar-refractivity contribution in [3.8, 4) is 0 Å². The van der Waals surface area contributed by atoms with Crippen molar-refractivity contribution in [2.75, 3.05) is 31.1 Å². The minimum Gasteiger partial charge on any atom is -0.347 e. The predicted octanol–water partition coefficient (Wildman–Crippen LogP) is 2.73. The molecule has 1 aliphatic heterocycles. The van der Waals surface area contributed by atoms with Gasteiger partial charge in [0.05, 0.1) is 10.2 Å². The Morgan fingerprint density at radius 3 is 2.78 bits per heavy atom. The fourth-order valence-electron chi connectivity index (χ4n) is 2.36. The molecule has 1 aromatic carbocycles. The normalized spacial score (nSPS) is 17.1. The highest BCUT2D eigenvalue weighted by atomic mass is 32.1. The summed E-state index contributed by atoms with van der Waals surface area (Å²) in [5, 5.41) is 5.64. The minimum atomic E-state index is 0.938. The van der Waals surface area contributed by atoms with E-state index in [-0.39, 0.29) is 0 Å². The van der Waals surface area contributed by atoms with Crippen molar-refractivity contribution in [1.82, 2.24) is 10.3 Å². The number of aryl methyl sites for hydroxylation is 2. The van der Waals surface area contributed by atoms with E-state index in [4.69, 9.17) is 4.98 Å². The second-order valence-corrected chi connectivity index (χ2v) is 5.86. The predicted molar refractivity (Wildman–Crippen MR) is 77.8 cm³/mol. The van der Waals surface area contributed by atoms with Gasteiger partial charge < -0.3 is 4.90 Å². The molecule has 3 nitrogen and oxygen atoms in total. The molecule has 0 unspecified atom stereocenters. The van der Waals surface area contributed by atoms with Gasteiger partial charge in [-0.1, -0.05) is 23.5 Å². The maximum atomic E-state index is 4.84. The van der Waals surface area contributed by atoms with E-state index in [9.17, 15) is 0 Å². The first-order valence-corrected chi connectivity index (χ1v) is 7.32. The molecule has 1 aromatic heterocycles. The highest BCUT2D eigenvalue weighted by molar-refractivity contribution is 7.22. The quantitative estimate of drug-likeness (QED) is 0.789. The molecule has 95 valence electrons. The monoisotopic (exact) mass is 260 g/mol. The van der Waals surface area contributed by atoms with Crippen LogP contribution in [0, 0.1) is 13.8 Å². The van der Waals surface area contributed by atoms with Gasteiger partial charge in [0.15, 0.2) is 5.13 Å². The molecule has 0 N–H and O–H groups in total. The van der Waals surface area contributed by atoms with Crippen LogP contribution >= 0.6 is 11.3 Å². The Morgan fingerprint density at radius 1 is 1.11 bits per heavy atom. The van der Waals surface area contributed by atoms with Gasteiger partial charge in [-0.05, 0) is 31.4 Å². The number of hydrogen-bond acceptors (Lipinski definition) is 3. The zero-order valence-electron chi connectivity index (χ0n) is 10.9. The highest BCUT2D eigenvalue weighted by Crippen LogP contribution is 2.33. The lowest BCUT2D eigenvalue weighted by atomic mass is 10.1. The first-order valence-electron chi connectivity index (χ1n) is 6.50. The summed E-state index contributed by atoms with van der Waals surface area (Å²) in [6.07, 6.45) is 1.15. The summed E-state index contributed by atoms with van der Waals surface area (Å²) < 4.78 is 1.34. The van der Waals surface area contributed by atoms with Crippen LogP contribution in [0.15, 0.2) is 12.1 Å². The summed E-state index contributed by atoms with van der Waals surface area (Å²) in [5.74, 6) is 0. The molecule has 4 heteroatoms. The van der Waals surface area contributed by atoms with Crippen LogP contribution in [-0.4, -0.2) is 31.2 Å². The molecule has 1 radical (unpaired) electrons. The number of rotatable bonds is 1. The van der Waals surface area contributed by atoms with Gasteiger partial charge in [0, 0.05) is 26.2 Å². The second-order valence-electron chi connectivity index (χ2n) is 4.88. The van der Waals surface area contributed by atoms with Gasteiger partial charge in [-0.25, -0.2) is 10.3 Å². The summed E-state index contributed by atoms with van der Waals surface area (Å²) in [6, 6.07) is 4.36. The molecule has 1 saturated heterocycles. The van der Waals surface area contributed by atoms with E-state index in [1.54, 1.807) is 0 Å². The van der Waals surface area contributed by atoms with Gasteiger partial charge in [0.25, 0.3) is 0 Å². The Kier molecular flexibility index (Phi) is 3.22. The van der Waals surface area contributed by atoms with E-state index in [1.807, 2.05) is 11.3 Å². The maximum absolute atomic E-state index is 4.84. The molecule has 1 fully saturated rings. The van der Waals surface area contributed by atoms with E-state index in [1.165, 1.54) is 26.5 Å². The van der Waals surface area contributed by atoms with Gasteiger partial charge in [-0.2, -0.15) is 0 Å². The summed E-state index contributed by atoms with van der Waals surface area (Å²) in [7, 11) is 0. The average molecular weight is 260 g/mol. The zero-order valence-corrected chi connectivity index (χ0v) is 11.8. The van der Waals surface area contributed by atoms with E-state index < -0.39 is 0 Å². The van der Waals surface area contributed by atoms with Crippen molar-refractivity contribution in [3.63, 3.8) is 0 Å². The zero-order chi connectivity index (χ0) is 12.5. The van der Waals surface area contributed by atoms with Gasteiger partial charge >= 0.3 is 0 Å². The molecule has 2 aromatic rings. The van der Waals surface area contributed by atoms with Crippen molar-refractivity contribution in [2.45, 2.75) is 20.3 Å². The molecule has 0 spiro atoms. The number of benzene rings is 1. The lowest BCUT2D eigenvalue weighted by Gasteiger charge is -2.17. The lowest BCUT2D eigenvalue weighted by molar-refractivity contribution is 0.709. The van der Waals surface area contributed by atoms with Crippen molar-refractivity contribution >= 4 is 26.7 Å². The van der Waals surface area contributed by atoms with E-state index in [0.29, 0.717) is 0 Å². The molecule has 2 heterocycles. The van der Waals surface area contributed by atoms with Crippen LogP contribution in [0.3, 0.4) is 0 Å². The molecular formula is C14H18N3S. The van der Waals surface area contributed by atoms with E-state index in [2.05, 4.69) is 36.2 Å². The van der Waals surface area contributed by atoms with Crippen molar-refractivity contribution in [2.24, 2.45) is 0 Å². The Morgan fingerprint density at radius 2 is 1.94 bits per heavy atom. The van der Waals surface area contributed by atoms with Crippen LogP contribution in [-0.2, 0) is 0 Å². The number of anilines is 1. The standard InChI is InChI=1S/C14H18N3S/c1-10-4-5-11(2)13-12(10)16-14(18-13)17-8-3-6-15-7-9-17/h4-5H,3,6-9H2,1-2H3. The molecule has 0 bridgehead atoms. The molecule has 18 heavy (non-hydrogen) atoms. The van der Waals surface area contributed by atoms with Crippen LogP contribution in [0.4, 0.5) is 5.13 Å². The third-order valence-electron chi connectivity index (χ3n) is 3.47. The van der Waals surface area contributed by atoms with Crippen molar-refractivity contribution in [1.29, 1.82) is 0 Å². The van der Waals surface area contributed by atoms with Crippen LogP contribution in [0.1, 0.15) is 17.5 Å². The lowest BCUT2D eigenvalue weighted by Crippen LogP contribution is -2.26. The molecular weight excluding hydrogens is 242 g/mol. The molecule has 0 saturated carbocycles. The Hall–Kier alpha value is -1.13. The van der Waals surface area contributed by atoms with Crippen molar-refractivity contribution in [3.05, 3.63) is 23.3 Å². The summed E-state index contributed by atoms with van der Waals surface area (Å²) >= 11 is 1.83. The fraction of sp³-hybridized carbons (Fsp3) is 0.500. The first kappa shape index (κ1) is 11.9. The van der Waals surface area contributed by atoms with E-state index in [0.717, 1.165) is 32.6 Å². The number of nitrogens with zero attached hydrogens (tertiary/aromatic N) is 3. The van der Waals surface area contributed by atoms with Gasteiger partial charge in [-0.3, -0.25) is 0 Å². The number of hydrogen-bond donors (Lipinski definition) is 0. The van der Waals surface area contributed by atoms with E-state index >= 15 is 0 Å². The van der Waals surface area contributed by atoms with Gasteiger partial charge in [-0.15, -0.1) is 0 Å². The second kappa shape index (κ2) is 4.86. The van der Waals surface area contributed by atoms with Crippen molar-refractivity contribution < 1.29 is 0 Å². The third kappa shape index (κ3) is 2.10. The largest absolute Gasteiger partial charge is 0.347 e. The topological polar surface area (TPSA) is 30.2 Å². The maximum Gasteiger partial charge on any atom is 0.186 e. The van der Waals surface area contributed by atoms with Crippen LogP contribution in [0.5, 0.6) is 0 Å². The number of fused-ring (bicyclic) bond motifs is 1. The Bertz CT molecular complexity index is 514. The SMILES string of the molecule is Cc1ccc(C)c2sc(N3CCC[N]CC3)nc12. The van der Waals surface area contributed by atoms with Crippen LogP contribution in [0.2, 0.25) is 0 Å². The van der Waals surface area contributed by atoms with Crippen LogP contribution < -0.4 is 10.2 Å². The summed E-state index contributed by atoms with van der Waals surface area (Å²) in [6.45, 7) is 8.34.